The van der Waals surface area contributed by atoms with Crippen molar-refractivity contribution in [2.24, 2.45) is 0 Å². The van der Waals surface area contributed by atoms with Gasteiger partial charge >= 0.3 is 5.97 Å². The number of benzene rings is 1. The van der Waals surface area contributed by atoms with E-state index in [0.717, 1.165) is 28.4 Å². The highest BCUT2D eigenvalue weighted by Crippen LogP contribution is 2.39. The maximum absolute atomic E-state index is 12.5. The number of hydrogen-bond acceptors (Lipinski definition) is 5. The second-order valence-corrected chi connectivity index (χ2v) is 6.81. The summed E-state index contributed by atoms with van der Waals surface area (Å²) >= 11 is 0. The van der Waals surface area contributed by atoms with Crippen LogP contribution in [0.4, 0.5) is 0 Å². The molecule has 26 heavy (non-hydrogen) atoms. The lowest BCUT2D eigenvalue weighted by molar-refractivity contribution is -0.139. The van der Waals surface area contributed by atoms with E-state index in [-0.39, 0.29) is 12.1 Å². The van der Waals surface area contributed by atoms with Crippen molar-refractivity contribution in [2.45, 2.75) is 39.6 Å². The molecule has 0 saturated carbocycles. The fourth-order valence-corrected chi connectivity index (χ4v) is 3.38. The Morgan fingerprint density at radius 2 is 1.85 bits per heavy atom. The van der Waals surface area contributed by atoms with Crippen LogP contribution >= 0.6 is 0 Å². The highest BCUT2D eigenvalue weighted by atomic mass is 16.7. The summed E-state index contributed by atoms with van der Waals surface area (Å²) in [4.78, 5) is 12.5. The largest absolute Gasteiger partial charge is 0.497 e. The molecule has 0 unspecified atom stereocenters. The first kappa shape index (κ1) is 18.5. The average molecular weight is 359 g/mol. The van der Waals surface area contributed by atoms with Gasteiger partial charge in [0.25, 0.3) is 0 Å². The SMILES string of the molecule is COC(=O)c1c(C)c(C)n(-c2ccc(OC)cc2)c1[C@H]1COC(C)(C)O1. The normalized spacial score (nSPS) is 18.8. The van der Waals surface area contributed by atoms with E-state index in [1.807, 2.05) is 56.5 Å². The molecule has 1 atom stereocenters. The molecule has 0 bridgehead atoms. The van der Waals surface area contributed by atoms with Crippen molar-refractivity contribution in [2.75, 3.05) is 20.8 Å². The van der Waals surface area contributed by atoms with Gasteiger partial charge in [-0.2, -0.15) is 0 Å². The number of methoxy groups -OCH3 is 2. The predicted octanol–water partition coefficient (Wildman–Crippen LogP) is 3.71. The van der Waals surface area contributed by atoms with Crippen LogP contribution in [0.5, 0.6) is 5.75 Å². The van der Waals surface area contributed by atoms with Gasteiger partial charge in [0, 0.05) is 11.4 Å². The zero-order chi connectivity index (χ0) is 19.1. The Balaban J connectivity index is 2.20. The molecule has 1 aliphatic rings. The minimum absolute atomic E-state index is 0.367. The van der Waals surface area contributed by atoms with Crippen LogP contribution in [-0.4, -0.2) is 37.1 Å². The van der Waals surface area contributed by atoms with Gasteiger partial charge in [-0.1, -0.05) is 0 Å². The second kappa shape index (κ2) is 6.78. The van der Waals surface area contributed by atoms with Gasteiger partial charge in [-0.05, 0) is 57.5 Å². The lowest BCUT2D eigenvalue weighted by Crippen LogP contribution is -2.21. The van der Waals surface area contributed by atoms with Crippen LogP contribution in [0.3, 0.4) is 0 Å². The van der Waals surface area contributed by atoms with Crippen LogP contribution < -0.4 is 4.74 Å². The molecule has 140 valence electrons. The minimum Gasteiger partial charge on any atom is -0.497 e. The lowest BCUT2D eigenvalue weighted by Gasteiger charge is -2.20. The lowest BCUT2D eigenvalue weighted by atomic mass is 10.1. The molecule has 0 spiro atoms. The third-order valence-electron chi connectivity index (χ3n) is 4.78. The van der Waals surface area contributed by atoms with E-state index >= 15 is 0 Å². The van der Waals surface area contributed by atoms with Crippen molar-refractivity contribution in [1.82, 2.24) is 4.57 Å². The molecular formula is C20H25NO5. The number of ether oxygens (including phenoxy) is 4. The first-order valence-electron chi connectivity index (χ1n) is 8.55. The number of hydrogen-bond donors (Lipinski definition) is 0. The quantitative estimate of drug-likeness (QED) is 0.779. The Kier molecular flexibility index (Phi) is 4.82. The number of aromatic nitrogens is 1. The molecule has 1 aromatic carbocycles. The fourth-order valence-electron chi connectivity index (χ4n) is 3.38. The van der Waals surface area contributed by atoms with E-state index < -0.39 is 5.79 Å². The summed E-state index contributed by atoms with van der Waals surface area (Å²) in [6, 6.07) is 7.69. The molecule has 1 aliphatic heterocycles. The van der Waals surface area contributed by atoms with Crippen LogP contribution in [0.2, 0.25) is 0 Å². The monoisotopic (exact) mass is 359 g/mol. The van der Waals surface area contributed by atoms with Crippen LogP contribution in [-0.2, 0) is 14.2 Å². The summed E-state index contributed by atoms with van der Waals surface area (Å²) in [5.74, 6) is -0.303. The molecule has 0 radical (unpaired) electrons. The zero-order valence-corrected chi connectivity index (χ0v) is 16.1. The highest BCUT2D eigenvalue weighted by molar-refractivity contribution is 5.93. The summed E-state index contributed by atoms with van der Waals surface area (Å²) in [7, 11) is 3.02. The number of nitrogens with zero attached hydrogens (tertiary/aromatic N) is 1. The van der Waals surface area contributed by atoms with E-state index in [1.165, 1.54) is 7.11 Å². The molecule has 6 nitrogen and oxygen atoms in total. The van der Waals surface area contributed by atoms with Gasteiger partial charge in [-0.25, -0.2) is 4.79 Å². The van der Waals surface area contributed by atoms with Crippen LogP contribution in [0.1, 0.15) is 47.3 Å². The molecule has 3 rings (SSSR count). The smallest absolute Gasteiger partial charge is 0.340 e. The van der Waals surface area contributed by atoms with Gasteiger partial charge in [0.2, 0.25) is 0 Å². The van der Waals surface area contributed by atoms with E-state index in [2.05, 4.69) is 0 Å². The number of carbonyl (C=O) groups is 1. The molecule has 1 fully saturated rings. The Morgan fingerprint density at radius 1 is 1.19 bits per heavy atom. The van der Waals surface area contributed by atoms with E-state index in [4.69, 9.17) is 18.9 Å². The summed E-state index contributed by atoms with van der Waals surface area (Å²) in [6.45, 7) is 8.01. The first-order valence-corrected chi connectivity index (χ1v) is 8.55. The van der Waals surface area contributed by atoms with E-state index in [1.54, 1.807) is 7.11 Å². The van der Waals surface area contributed by atoms with Crippen LogP contribution in [0.15, 0.2) is 24.3 Å². The van der Waals surface area contributed by atoms with Gasteiger partial charge in [0.05, 0.1) is 32.1 Å². The third kappa shape index (κ3) is 3.10. The predicted molar refractivity (Wildman–Crippen MR) is 97.0 cm³/mol. The number of esters is 1. The fraction of sp³-hybridized carbons (Fsp3) is 0.450. The zero-order valence-electron chi connectivity index (χ0n) is 16.1. The Morgan fingerprint density at radius 3 is 2.35 bits per heavy atom. The molecule has 0 aliphatic carbocycles. The van der Waals surface area contributed by atoms with Crippen molar-refractivity contribution in [3.05, 3.63) is 46.8 Å². The standard InChI is InChI=1S/C20H25NO5/c1-12-13(2)21(14-7-9-15(23-5)10-8-14)18(17(12)19(22)24-6)16-11-25-20(3,4)26-16/h7-10,16H,11H2,1-6H3/t16-/m1/s1. The third-order valence-corrected chi connectivity index (χ3v) is 4.78. The Hall–Kier alpha value is -2.31. The molecule has 1 aromatic heterocycles. The molecule has 0 amide bonds. The number of carbonyl (C=O) groups excluding carboxylic acids is 1. The second-order valence-electron chi connectivity index (χ2n) is 6.81. The summed E-state index contributed by atoms with van der Waals surface area (Å²) in [6.07, 6.45) is -0.367. The summed E-state index contributed by atoms with van der Waals surface area (Å²) < 4.78 is 24.1. The average Bonchev–Trinajstić information content (AvgIpc) is 3.11. The first-order chi connectivity index (χ1) is 12.3. The maximum atomic E-state index is 12.5. The molecular weight excluding hydrogens is 334 g/mol. The van der Waals surface area contributed by atoms with Gasteiger partial charge in [0.15, 0.2) is 5.79 Å². The molecule has 2 aromatic rings. The van der Waals surface area contributed by atoms with Crippen molar-refractivity contribution in [3.63, 3.8) is 0 Å². The summed E-state index contributed by atoms with van der Waals surface area (Å²) in [5, 5.41) is 0. The van der Waals surface area contributed by atoms with Gasteiger partial charge in [0.1, 0.15) is 11.9 Å². The van der Waals surface area contributed by atoms with E-state index in [9.17, 15) is 4.79 Å². The maximum Gasteiger partial charge on any atom is 0.340 e. The minimum atomic E-state index is -0.700. The highest BCUT2D eigenvalue weighted by Gasteiger charge is 2.39. The van der Waals surface area contributed by atoms with Crippen molar-refractivity contribution >= 4 is 5.97 Å². The van der Waals surface area contributed by atoms with Gasteiger partial charge in [-0.3, -0.25) is 0 Å². The topological polar surface area (TPSA) is 58.9 Å². The van der Waals surface area contributed by atoms with Gasteiger partial charge in [-0.15, -0.1) is 0 Å². The Labute approximate surface area is 153 Å². The van der Waals surface area contributed by atoms with Crippen molar-refractivity contribution in [1.29, 1.82) is 0 Å². The number of rotatable bonds is 4. The summed E-state index contributed by atoms with van der Waals surface area (Å²) in [5.41, 5.74) is 4.04. The van der Waals surface area contributed by atoms with Crippen LogP contribution in [0.25, 0.3) is 5.69 Å². The van der Waals surface area contributed by atoms with E-state index in [0.29, 0.717) is 12.2 Å². The molecule has 2 heterocycles. The molecule has 1 saturated heterocycles. The van der Waals surface area contributed by atoms with Crippen molar-refractivity contribution in [3.8, 4) is 11.4 Å². The Bertz CT molecular complexity index is 820. The van der Waals surface area contributed by atoms with Gasteiger partial charge < -0.3 is 23.5 Å². The molecule has 6 heteroatoms. The van der Waals surface area contributed by atoms with Crippen LogP contribution in [0, 0.1) is 13.8 Å². The van der Waals surface area contributed by atoms with Crippen molar-refractivity contribution < 1.29 is 23.7 Å². The molecule has 0 N–H and O–H groups in total.